The van der Waals surface area contributed by atoms with Gasteiger partial charge >= 0.3 is 50.4 Å². The van der Waals surface area contributed by atoms with E-state index in [0.717, 1.165) is 38.5 Å². The molecule has 0 aromatic carbocycles. The predicted molar refractivity (Wildman–Crippen MR) is 206 cm³/mol. The molecule has 312 valence electrons. The van der Waals surface area contributed by atoms with Crippen LogP contribution in [0.4, 0.5) is 0 Å². The molecule has 0 aliphatic rings. The maximum Gasteiger partial charge on any atom is 1.00 e. The van der Waals surface area contributed by atoms with Crippen molar-refractivity contribution in [3.8, 4) is 0 Å². The maximum absolute atomic E-state index is 10.2. The molecule has 0 fully saturated rings. The van der Waals surface area contributed by atoms with Gasteiger partial charge in [0.15, 0.2) is 0 Å². The Morgan fingerprint density at radius 1 is 0.346 bits per heavy atom. The summed E-state index contributed by atoms with van der Waals surface area (Å²) in [5.41, 5.74) is 0. The summed E-state index contributed by atoms with van der Waals surface area (Å²) in [7, 11) is -13.0. The Balaban J connectivity index is -0.000000329. The minimum Gasteiger partial charge on any atom is -0.726 e. The van der Waals surface area contributed by atoms with Crippen molar-refractivity contribution in [2.75, 3.05) is 19.8 Å². The molecular formula is C36H77NaO12S3. The van der Waals surface area contributed by atoms with E-state index in [2.05, 4.69) is 33.3 Å². The van der Waals surface area contributed by atoms with Gasteiger partial charge in [-0.1, -0.05) is 194 Å². The SMILES string of the molecule is CCCCCCCCCCCCOS(=O)(=O)O.CCCCCCCCCCCCOS(=O)(=O)O.CCCCCCCCCCCCOS(=O)(=O)[O-].[Na+]. The van der Waals surface area contributed by atoms with Crippen molar-refractivity contribution in [1.82, 2.24) is 0 Å². The van der Waals surface area contributed by atoms with E-state index in [1.165, 1.54) is 135 Å². The summed E-state index contributed by atoms with van der Waals surface area (Å²) in [6.45, 7) is 6.86. The van der Waals surface area contributed by atoms with Crippen LogP contribution in [0.2, 0.25) is 0 Å². The molecule has 0 spiro atoms. The quantitative estimate of drug-likeness (QED) is 0.0270. The van der Waals surface area contributed by atoms with Gasteiger partial charge in [0.05, 0.1) is 19.8 Å². The zero-order chi connectivity index (χ0) is 39.0. The van der Waals surface area contributed by atoms with Gasteiger partial charge in [0, 0.05) is 0 Å². The first-order valence-corrected chi connectivity index (χ1v) is 24.1. The minimum absolute atomic E-state index is 0. The molecule has 0 heterocycles. The van der Waals surface area contributed by atoms with Crippen molar-refractivity contribution in [2.24, 2.45) is 0 Å². The van der Waals surface area contributed by atoms with Crippen molar-refractivity contribution < 1.29 is 81.0 Å². The van der Waals surface area contributed by atoms with Crippen molar-refractivity contribution in [3.63, 3.8) is 0 Å². The second-order valence-electron chi connectivity index (χ2n) is 13.3. The van der Waals surface area contributed by atoms with Gasteiger partial charge in [0.2, 0.25) is 10.4 Å². The van der Waals surface area contributed by atoms with E-state index in [-0.39, 0.29) is 49.4 Å². The predicted octanol–water partition coefficient (Wildman–Crippen LogP) is 7.84. The fraction of sp³-hybridized carbons (Fsp3) is 1.00. The fourth-order valence-electron chi connectivity index (χ4n) is 5.26. The molecule has 0 atom stereocenters. The Labute approximate surface area is 343 Å². The van der Waals surface area contributed by atoms with Gasteiger partial charge < -0.3 is 4.55 Å². The zero-order valence-corrected chi connectivity index (χ0v) is 38.0. The van der Waals surface area contributed by atoms with E-state index in [1.54, 1.807) is 0 Å². The summed E-state index contributed by atoms with van der Waals surface area (Å²) >= 11 is 0. The molecule has 12 nitrogen and oxygen atoms in total. The molecule has 16 heteroatoms. The van der Waals surface area contributed by atoms with Gasteiger partial charge in [0.25, 0.3) is 0 Å². The molecule has 0 amide bonds. The molecular weight excluding hydrogens is 744 g/mol. The van der Waals surface area contributed by atoms with Crippen molar-refractivity contribution >= 4 is 31.2 Å². The third kappa shape index (κ3) is 68.6. The Morgan fingerprint density at radius 2 is 0.519 bits per heavy atom. The molecule has 0 saturated carbocycles. The number of hydrogen-bond donors (Lipinski definition) is 2. The van der Waals surface area contributed by atoms with Crippen LogP contribution in [0.1, 0.15) is 213 Å². The smallest absolute Gasteiger partial charge is 0.726 e. The molecule has 2 N–H and O–H groups in total. The summed E-state index contributed by atoms with van der Waals surface area (Å²) in [6, 6.07) is 0. The Hall–Kier alpha value is 0.610. The van der Waals surface area contributed by atoms with Gasteiger partial charge in [-0.25, -0.2) is 16.8 Å². The van der Waals surface area contributed by atoms with Gasteiger partial charge in [-0.05, 0) is 19.3 Å². The molecule has 0 bridgehead atoms. The Morgan fingerprint density at radius 3 is 0.692 bits per heavy atom. The first-order valence-electron chi connectivity index (χ1n) is 20.0. The van der Waals surface area contributed by atoms with Crippen LogP contribution < -0.4 is 29.6 Å². The normalized spacial score (nSPS) is 11.7. The first-order chi connectivity index (χ1) is 24.2. The van der Waals surface area contributed by atoms with Crippen LogP contribution in [-0.4, -0.2) is 58.7 Å². The molecule has 0 aliphatic heterocycles. The van der Waals surface area contributed by atoms with Gasteiger partial charge in [-0.2, -0.15) is 16.8 Å². The van der Waals surface area contributed by atoms with Crippen LogP contribution in [0.5, 0.6) is 0 Å². The Kier molecular flexibility index (Phi) is 50.6. The monoisotopic (exact) mass is 820 g/mol. The van der Waals surface area contributed by atoms with Crippen molar-refractivity contribution in [2.45, 2.75) is 213 Å². The van der Waals surface area contributed by atoms with Gasteiger partial charge in [-0.3, -0.25) is 13.3 Å². The third-order valence-corrected chi connectivity index (χ3v) is 9.57. The first kappa shape index (κ1) is 59.3. The maximum atomic E-state index is 10.2. The van der Waals surface area contributed by atoms with E-state index >= 15 is 0 Å². The summed E-state index contributed by atoms with van der Waals surface area (Å²) in [5.74, 6) is 0. The molecule has 0 saturated heterocycles. The number of hydrogen-bond acceptors (Lipinski definition) is 10. The van der Waals surface area contributed by atoms with E-state index in [4.69, 9.17) is 9.11 Å². The standard InChI is InChI=1S/3C12H26O4S.Na/c3*1-2-3-4-5-6-7-8-9-10-11-12-16-17(13,14)15;/h3*2-12H2,1H3,(H,13,14,15);/q;;;+1/p-1. The van der Waals surface area contributed by atoms with Crippen molar-refractivity contribution in [1.29, 1.82) is 0 Å². The van der Waals surface area contributed by atoms with Crippen LogP contribution >= 0.6 is 0 Å². The van der Waals surface area contributed by atoms with E-state index in [1.807, 2.05) is 0 Å². The van der Waals surface area contributed by atoms with Crippen LogP contribution in [0.3, 0.4) is 0 Å². The largest absolute Gasteiger partial charge is 1.00 e. The van der Waals surface area contributed by atoms with E-state index in [0.29, 0.717) is 19.3 Å². The van der Waals surface area contributed by atoms with Crippen molar-refractivity contribution in [3.05, 3.63) is 0 Å². The van der Waals surface area contributed by atoms with Crippen LogP contribution in [0.25, 0.3) is 0 Å². The summed E-state index contributed by atoms with van der Waals surface area (Å²) in [5, 5.41) is 0. The molecule has 0 radical (unpaired) electrons. The van der Waals surface area contributed by atoms with Gasteiger partial charge in [0.1, 0.15) is 0 Å². The molecule has 0 unspecified atom stereocenters. The van der Waals surface area contributed by atoms with Crippen LogP contribution in [0.15, 0.2) is 0 Å². The summed E-state index contributed by atoms with van der Waals surface area (Å²) < 4.78 is 100. The molecule has 0 aromatic heterocycles. The Bertz CT molecular complexity index is 883. The van der Waals surface area contributed by atoms with Crippen LogP contribution in [0, 0.1) is 0 Å². The summed E-state index contributed by atoms with van der Waals surface area (Å²) in [6.07, 6.45) is 35.4. The van der Waals surface area contributed by atoms with E-state index < -0.39 is 31.2 Å². The van der Waals surface area contributed by atoms with Gasteiger partial charge in [-0.15, -0.1) is 0 Å². The third-order valence-electron chi connectivity index (χ3n) is 8.19. The number of unbranched alkanes of at least 4 members (excludes halogenated alkanes) is 27. The zero-order valence-electron chi connectivity index (χ0n) is 33.5. The van der Waals surface area contributed by atoms with Crippen LogP contribution in [-0.2, 0) is 43.7 Å². The number of rotatable bonds is 36. The second-order valence-corrected chi connectivity index (χ2v) is 16.5. The summed E-state index contributed by atoms with van der Waals surface area (Å²) in [4.78, 5) is 0. The molecule has 52 heavy (non-hydrogen) atoms. The topological polar surface area (TPSA) is 194 Å². The fourth-order valence-corrected chi connectivity index (χ4v) is 6.24. The second kappa shape index (κ2) is 44.3. The molecule has 0 aromatic rings. The average Bonchev–Trinajstić information content (AvgIpc) is 3.04. The molecule has 0 rings (SSSR count). The average molecular weight is 821 g/mol. The molecule has 0 aliphatic carbocycles. The minimum atomic E-state index is -4.48. The van der Waals surface area contributed by atoms with E-state index in [9.17, 15) is 29.8 Å².